The lowest BCUT2D eigenvalue weighted by Crippen LogP contribution is -2.32. The summed E-state index contributed by atoms with van der Waals surface area (Å²) in [4.78, 5) is 18.1. The van der Waals surface area contributed by atoms with Crippen LogP contribution < -0.4 is 5.32 Å². The first-order valence-electron chi connectivity index (χ1n) is 8.17. The molecule has 0 fully saturated rings. The molecule has 128 valence electrons. The molecule has 0 spiro atoms. The average Bonchev–Trinajstić information content (AvgIpc) is 3.14. The van der Waals surface area contributed by atoms with Gasteiger partial charge in [0.25, 0.3) is 0 Å². The molecule has 1 aliphatic heterocycles. The molecule has 1 N–H and O–H groups in total. The molecular formula is C20H16BrN5. The van der Waals surface area contributed by atoms with Crippen molar-refractivity contribution in [3.05, 3.63) is 83.0 Å². The Morgan fingerprint density at radius 2 is 1.92 bits per heavy atom. The molecule has 4 rings (SSSR count). The molecule has 3 aromatic rings. The minimum Gasteiger partial charge on any atom is -0.352 e. The van der Waals surface area contributed by atoms with Gasteiger partial charge in [0.15, 0.2) is 5.82 Å². The van der Waals surface area contributed by atoms with Crippen molar-refractivity contribution < 1.29 is 0 Å². The second-order valence-corrected chi connectivity index (χ2v) is 6.97. The average molecular weight is 406 g/mol. The minimum absolute atomic E-state index is 0.584. The summed E-state index contributed by atoms with van der Waals surface area (Å²) in [6.07, 6.45) is 10.9. The van der Waals surface area contributed by atoms with E-state index in [0.29, 0.717) is 5.82 Å². The van der Waals surface area contributed by atoms with Gasteiger partial charge in [0.05, 0.1) is 5.69 Å². The maximum absolute atomic E-state index is 4.75. The summed E-state index contributed by atoms with van der Waals surface area (Å²) in [5, 5.41) is 3.45. The van der Waals surface area contributed by atoms with Crippen molar-refractivity contribution in [2.45, 2.75) is 12.6 Å². The summed E-state index contributed by atoms with van der Waals surface area (Å²) in [5.41, 5.74) is 3.06. The summed E-state index contributed by atoms with van der Waals surface area (Å²) in [6, 6.07) is 12.0. The Labute approximate surface area is 160 Å². The van der Waals surface area contributed by atoms with Gasteiger partial charge in [0, 0.05) is 40.5 Å². The van der Waals surface area contributed by atoms with Crippen LogP contribution in [0.4, 0.5) is 5.69 Å². The maximum atomic E-state index is 4.75. The van der Waals surface area contributed by atoms with Gasteiger partial charge >= 0.3 is 0 Å². The number of pyridine rings is 1. The van der Waals surface area contributed by atoms with Crippen LogP contribution in [0, 0.1) is 6.92 Å². The van der Waals surface area contributed by atoms with Gasteiger partial charge in [-0.3, -0.25) is 9.98 Å². The van der Waals surface area contributed by atoms with E-state index in [4.69, 9.17) is 4.98 Å². The largest absolute Gasteiger partial charge is 0.352 e. The highest BCUT2D eigenvalue weighted by molar-refractivity contribution is 9.10. The van der Waals surface area contributed by atoms with E-state index in [1.165, 1.54) is 5.56 Å². The first-order valence-corrected chi connectivity index (χ1v) is 8.96. The molecule has 0 saturated heterocycles. The fraction of sp³-hybridized carbons (Fsp3) is 0.100. The highest BCUT2D eigenvalue weighted by Gasteiger charge is 2.33. The number of rotatable bonds is 4. The smallest absolute Gasteiger partial charge is 0.209 e. The fourth-order valence-electron chi connectivity index (χ4n) is 2.76. The molecule has 0 bridgehead atoms. The quantitative estimate of drug-likeness (QED) is 0.692. The van der Waals surface area contributed by atoms with Gasteiger partial charge in [0.1, 0.15) is 0 Å². The van der Waals surface area contributed by atoms with E-state index < -0.39 is 5.66 Å². The first-order chi connectivity index (χ1) is 12.6. The monoisotopic (exact) mass is 405 g/mol. The zero-order chi connectivity index (χ0) is 18.0. The maximum Gasteiger partial charge on any atom is 0.209 e. The molecule has 6 heteroatoms. The molecule has 0 amide bonds. The third-order valence-electron chi connectivity index (χ3n) is 4.09. The van der Waals surface area contributed by atoms with Crippen LogP contribution in [0.2, 0.25) is 0 Å². The van der Waals surface area contributed by atoms with E-state index in [0.717, 1.165) is 21.4 Å². The summed E-state index contributed by atoms with van der Waals surface area (Å²) < 4.78 is 0.904. The van der Waals surface area contributed by atoms with E-state index in [1.807, 2.05) is 36.4 Å². The summed E-state index contributed by atoms with van der Waals surface area (Å²) in [7, 11) is 0. The van der Waals surface area contributed by atoms with Gasteiger partial charge in [-0.1, -0.05) is 17.7 Å². The van der Waals surface area contributed by atoms with Gasteiger partial charge in [0.2, 0.25) is 5.66 Å². The lowest BCUT2D eigenvalue weighted by Gasteiger charge is -2.25. The van der Waals surface area contributed by atoms with Crippen LogP contribution in [0.25, 0.3) is 11.3 Å². The van der Waals surface area contributed by atoms with E-state index in [1.54, 1.807) is 24.8 Å². The van der Waals surface area contributed by atoms with Crippen LogP contribution in [-0.2, 0) is 5.66 Å². The molecule has 0 aliphatic carbocycles. The van der Waals surface area contributed by atoms with Crippen molar-refractivity contribution in [1.82, 2.24) is 15.0 Å². The molecule has 1 aromatic carbocycles. The molecule has 5 nitrogen and oxygen atoms in total. The summed E-state index contributed by atoms with van der Waals surface area (Å²) in [5.74, 6) is 0.584. The van der Waals surface area contributed by atoms with Crippen molar-refractivity contribution in [3.63, 3.8) is 0 Å². The predicted octanol–water partition coefficient (Wildman–Crippen LogP) is 4.52. The lowest BCUT2D eigenvalue weighted by atomic mass is 10.1. The lowest BCUT2D eigenvalue weighted by molar-refractivity contribution is 0.613. The van der Waals surface area contributed by atoms with Crippen LogP contribution in [0.3, 0.4) is 0 Å². The Morgan fingerprint density at radius 1 is 1.08 bits per heavy atom. The number of allylic oxidation sites excluding steroid dienone is 1. The Balaban J connectivity index is 1.74. The van der Waals surface area contributed by atoms with Crippen LogP contribution in [-0.4, -0.2) is 21.2 Å². The van der Waals surface area contributed by atoms with Gasteiger partial charge in [-0.15, -0.1) is 0 Å². The number of hydrogen-bond acceptors (Lipinski definition) is 5. The normalized spacial score (nSPS) is 18.2. The highest BCUT2D eigenvalue weighted by atomic mass is 79.9. The molecular weight excluding hydrogens is 390 g/mol. The summed E-state index contributed by atoms with van der Waals surface area (Å²) in [6.45, 7) is 2.06. The SMILES string of the molecule is Cc1ccc(NC2(c3nccc(-c4cncc(Br)c4)n3)C=CC=N2)cc1. The van der Waals surface area contributed by atoms with E-state index >= 15 is 0 Å². The van der Waals surface area contributed by atoms with Crippen LogP contribution in [0.15, 0.2) is 76.6 Å². The van der Waals surface area contributed by atoms with Crippen molar-refractivity contribution in [3.8, 4) is 11.3 Å². The summed E-state index contributed by atoms with van der Waals surface area (Å²) >= 11 is 3.45. The van der Waals surface area contributed by atoms with E-state index in [9.17, 15) is 0 Å². The van der Waals surface area contributed by atoms with Crippen LogP contribution >= 0.6 is 15.9 Å². The molecule has 26 heavy (non-hydrogen) atoms. The number of benzene rings is 1. The second-order valence-electron chi connectivity index (χ2n) is 6.05. The molecule has 1 atom stereocenters. The topological polar surface area (TPSA) is 63.1 Å². The molecule has 1 aliphatic rings. The second kappa shape index (κ2) is 6.80. The minimum atomic E-state index is -0.815. The van der Waals surface area contributed by atoms with Gasteiger partial charge in [-0.05, 0) is 59.3 Å². The zero-order valence-corrected chi connectivity index (χ0v) is 15.7. The van der Waals surface area contributed by atoms with Crippen LogP contribution in [0.1, 0.15) is 11.4 Å². The van der Waals surface area contributed by atoms with Gasteiger partial charge in [-0.25, -0.2) is 9.97 Å². The number of aromatic nitrogens is 3. The van der Waals surface area contributed by atoms with Crippen molar-refractivity contribution in [2.24, 2.45) is 4.99 Å². The van der Waals surface area contributed by atoms with Crippen molar-refractivity contribution >= 4 is 27.8 Å². The Bertz CT molecular complexity index is 983. The molecule has 3 heterocycles. The third-order valence-corrected chi connectivity index (χ3v) is 4.52. The Morgan fingerprint density at radius 3 is 2.65 bits per heavy atom. The van der Waals surface area contributed by atoms with Gasteiger partial charge in [-0.2, -0.15) is 0 Å². The standard InChI is InChI=1S/C20H16BrN5/c1-14-3-5-17(6-4-14)26-20(8-2-9-24-20)19-23-10-7-18(25-19)15-11-16(21)13-22-12-15/h2-13,26H,1H3. The number of nitrogens with one attached hydrogen (secondary N) is 1. The first kappa shape index (κ1) is 16.6. The molecule has 0 saturated carbocycles. The Kier molecular flexibility index (Phi) is 4.34. The van der Waals surface area contributed by atoms with E-state index in [2.05, 4.69) is 55.3 Å². The highest BCUT2D eigenvalue weighted by Crippen LogP contribution is 2.31. The number of aliphatic imine (C=N–C) groups is 1. The third kappa shape index (κ3) is 3.28. The van der Waals surface area contributed by atoms with Gasteiger partial charge < -0.3 is 5.32 Å². The Hall–Kier alpha value is -2.86. The van der Waals surface area contributed by atoms with E-state index in [-0.39, 0.29) is 0 Å². The molecule has 0 radical (unpaired) electrons. The molecule has 2 aromatic heterocycles. The number of nitrogens with zero attached hydrogens (tertiary/aromatic N) is 4. The van der Waals surface area contributed by atoms with Crippen LogP contribution in [0.5, 0.6) is 0 Å². The number of halogens is 1. The zero-order valence-electron chi connectivity index (χ0n) is 14.1. The number of hydrogen-bond donors (Lipinski definition) is 1. The predicted molar refractivity (Wildman–Crippen MR) is 107 cm³/mol. The van der Waals surface area contributed by atoms with Crippen molar-refractivity contribution in [2.75, 3.05) is 5.32 Å². The number of aryl methyl sites for hydroxylation is 1. The van der Waals surface area contributed by atoms with Crippen molar-refractivity contribution in [1.29, 1.82) is 0 Å². The fourth-order valence-corrected chi connectivity index (χ4v) is 3.12. The number of anilines is 1. The molecule has 1 unspecified atom stereocenters.